The molecule has 2 aromatic heterocycles. The van der Waals surface area contributed by atoms with Gasteiger partial charge in [0.25, 0.3) is 0 Å². The average Bonchev–Trinajstić information content (AvgIpc) is 2.94. The van der Waals surface area contributed by atoms with E-state index in [0.29, 0.717) is 6.42 Å². The molecule has 0 aliphatic carbocycles. The van der Waals surface area contributed by atoms with E-state index >= 15 is 0 Å². The average molecular weight is 390 g/mol. The summed E-state index contributed by atoms with van der Waals surface area (Å²) in [5, 5.41) is 7.57. The van der Waals surface area contributed by atoms with Gasteiger partial charge in [0.05, 0.1) is 17.8 Å². The number of hydrogen-bond acceptors (Lipinski definition) is 3. The number of rotatable bonds is 3. The van der Waals surface area contributed by atoms with Crippen molar-refractivity contribution in [2.75, 3.05) is 20.7 Å². The van der Waals surface area contributed by atoms with Crippen molar-refractivity contribution in [3.05, 3.63) is 59.4 Å². The second-order valence-corrected chi connectivity index (χ2v) is 6.49. The van der Waals surface area contributed by atoms with Gasteiger partial charge in [0.2, 0.25) is 5.91 Å². The van der Waals surface area contributed by atoms with Gasteiger partial charge in [-0.3, -0.25) is 4.79 Å². The van der Waals surface area contributed by atoms with E-state index in [2.05, 4.69) is 31.2 Å². The van der Waals surface area contributed by atoms with E-state index in [0.717, 1.165) is 28.2 Å². The molecule has 1 amide bonds. The molecule has 3 aromatic rings. The minimum atomic E-state index is 0. The predicted octanol–water partition coefficient (Wildman–Crippen LogP) is 3.67. The number of carbonyl (C=O) groups excluding carboxylic acids is 1. The second-order valence-electron chi connectivity index (χ2n) is 6.49. The molecule has 146 valence electrons. The van der Waals surface area contributed by atoms with Gasteiger partial charge in [-0.1, -0.05) is 35.9 Å². The largest absolute Gasteiger partial charge is 0.397 e. The summed E-state index contributed by atoms with van der Waals surface area (Å²) in [6, 6.07) is 12.3. The minimum Gasteiger partial charge on any atom is -0.397 e. The van der Waals surface area contributed by atoms with Crippen LogP contribution in [0.15, 0.2) is 42.6 Å². The third kappa shape index (κ3) is 5.55. The fraction of sp³-hybridized carbons (Fsp3) is 0.333. The Morgan fingerprint density at radius 2 is 1.63 bits per heavy atom. The molecule has 0 radical (unpaired) electrons. The Labute approximate surface area is 167 Å². The van der Waals surface area contributed by atoms with Crippen LogP contribution in [0.2, 0.25) is 0 Å². The molecule has 2 heterocycles. The fourth-order valence-electron chi connectivity index (χ4n) is 2.61. The van der Waals surface area contributed by atoms with Crippen LogP contribution in [-0.2, 0) is 11.2 Å². The van der Waals surface area contributed by atoms with Crippen molar-refractivity contribution in [1.29, 1.82) is 0 Å². The molecule has 0 bridgehead atoms. The molecule has 0 unspecified atom stereocenters. The number of aromatic nitrogens is 2. The Hall–Kier alpha value is -2.37. The zero-order valence-electron chi connectivity index (χ0n) is 16.6. The van der Waals surface area contributed by atoms with Crippen molar-refractivity contribution < 1.29 is 9.90 Å². The number of imidazole rings is 1. The quantitative estimate of drug-likeness (QED) is 0.743. The highest BCUT2D eigenvalue weighted by Crippen LogP contribution is 2.26. The van der Waals surface area contributed by atoms with Crippen LogP contribution < -0.4 is 0 Å². The molecule has 1 N–H and O–H groups in total. The molecule has 0 aliphatic heterocycles. The van der Waals surface area contributed by atoms with Gasteiger partial charge < -0.3 is 14.4 Å². The number of pyridine rings is 1. The van der Waals surface area contributed by atoms with E-state index < -0.39 is 0 Å². The van der Waals surface area contributed by atoms with Gasteiger partial charge in [0.1, 0.15) is 5.65 Å². The molecule has 0 saturated carbocycles. The van der Waals surface area contributed by atoms with Crippen LogP contribution in [0.3, 0.4) is 0 Å². The number of hydrogen-bond donors (Lipinski definition) is 1. The van der Waals surface area contributed by atoms with Crippen molar-refractivity contribution in [1.82, 2.24) is 14.3 Å². The lowest BCUT2D eigenvalue weighted by molar-refractivity contribution is -0.128. The minimum absolute atomic E-state index is 0. The van der Waals surface area contributed by atoms with Crippen LogP contribution in [0, 0.1) is 13.8 Å². The van der Waals surface area contributed by atoms with Crippen LogP contribution >= 0.6 is 12.4 Å². The first-order chi connectivity index (χ1) is 12.4. The number of nitrogens with zero attached hydrogens (tertiary/aromatic N) is 3. The van der Waals surface area contributed by atoms with Gasteiger partial charge in [-0.05, 0) is 32.4 Å². The van der Waals surface area contributed by atoms with Gasteiger partial charge in [-0.2, -0.15) is 0 Å². The molecular formula is C21H28ClN3O2. The van der Waals surface area contributed by atoms with E-state index in [1.54, 1.807) is 25.9 Å². The van der Waals surface area contributed by atoms with Crippen molar-refractivity contribution in [2.24, 2.45) is 0 Å². The SMILES string of the molecule is CCO.Cc1ccc(-c2nc3ccc(C)cn3c2CC(=O)N(C)C)cc1.Cl. The van der Waals surface area contributed by atoms with Crippen LogP contribution in [0.1, 0.15) is 23.7 Å². The molecule has 1 aromatic carbocycles. The van der Waals surface area contributed by atoms with Gasteiger partial charge in [-0.15, -0.1) is 12.4 Å². The summed E-state index contributed by atoms with van der Waals surface area (Å²) in [4.78, 5) is 18.6. The third-order valence-electron chi connectivity index (χ3n) is 4.01. The van der Waals surface area contributed by atoms with E-state index in [-0.39, 0.29) is 24.9 Å². The summed E-state index contributed by atoms with van der Waals surface area (Å²) in [5.74, 6) is 0.0710. The highest BCUT2D eigenvalue weighted by molar-refractivity contribution is 5.85. The molecule has 0 spiro atoms. The number of aliphatic hydroxyl groups excluding tert-OH is 1. The van der Waals surface area contributed by atoms with Gasteiger partial charge in [0, 0.05) is 32.5 Å². The summed E-state index contributed by atoms with van der Waals surface area (Å²) in [7, 11) is 3.56. The summed E-state index contributed by atoms with van der Waals surface area (Å²) >= 11 is 0. The standard InChI is InChI=1S/C19H21N3O.C2H6O.ClH/c1-13-5-8-15(9-6-13)19-16(11-18(23)21(3)4)22-12-14(2)7-10-17(22)20-19;1-2-3;/h5-10,12H,11H2,1-4H3;3H,2H2,1H3;1H. The van der Waals surface area contributed by atoms with Crippen LogP contribution in [0.5, 0.6) is 0 Å². The second kappa shape index (κ2) is 10.1. The molecular weight excluding hydrogens is 362 g/mol. The van der Waals surface area contributed by atoms with Gasteiger partial charge in [0.15, 0.2) is 0 Å². The first-order valence-electron chi connectivity index (χ1n) is 8.73. The lowest BCUT2D eigenvalue weighted by atomic mass is 10.1. The van der Waals surface area contributed by atoms with Crippen LogP contribution in [-0.4, -0.2) is 46.0 Å². The van der Waals surface area contributed by atoms with E-state index in [9.17, 15) is 4.79 Å². The first-order valence-corrected chi connectivity index (χ1v) is 8.73. The number of carbonyl (C=O) groups is 1. The van der Waals surface area contributed by atoms with Crippen LogP contribution in [0.25, 0.3) is 16.9 Å². The Kier molecular flexibility index (Phi) is 8.47. The maximum Gasteiger partial charge on any atom is 0.228 e. The number of amides is 1. The van der Waals surface area contributed by atoms with Crippen LogP contribution in [0.4, 0.5) is 0 Å². The summed E-state index contributed by atoms with van der Waals surface area (Å²) in [5.41, 5.74) is 6.08. The monoisotopic (exact) mass is 389 g/mol. The Morgan fingerprint density at radius 3 is 2.19 bits per heavy atom. The Bertz CT molecular complexity index is 886. The lowest BCUT2D eigenvalue weighted by Gasteiger charge is -2.11. The highest BCUT2D eigenvalue weighted by Gasteiger charge is 2.18. The van der Waals surface area contributed by atoms with Gasteiger partial charge in [-0.25, -0.2) is 4.98 Å². The number of aliphatic hydroxyl groups is 1. The number of halogens is 1. The number of benzene rings is 1. The lowest BCUT2D eigenvalue weighted by Crippen LogP contribution is -2.24. The van der Waals surface area contributed by atoms with Crippen molar-refractivity contribution in [3.63, 3.8) is 0 Å². The Balaban J connectivity index is 0.000000855. The smallest absolute Gasteiger partial charge is 0.228 e. The fourth-order valence-corrected chi connectivity index (χ4v) is 2.61. The molecule has 27 heavy (non-hydrogen) atoms. The first kappa shape index (κ1) is 22.7. The molecule has 0 saturated heterocycles. The van der Waals surface area contributed by atoms with E-state index in [1.165, 1.54) is 5.56 Å². The number of fused-ring (bicyclic) bond motifs is 1. The number of likely N-dealkylation sites (N-methyl/N-ethyl adjacent to an activating group) is 1. The molecule has 0 atom stereocenters. The van der Waals surface area contributed by atoms with Crippen molar-refractivity contribution >= 4 is 24.0 Å². The zero-order chi connectivity index (χ0) is 19.3. The molecule has 6 heteroatoms. The topological polar surface area (TPSA) is 57.8 Å². The third-order valence-corrected chi connectivity index (χ3v) is 4.01. The number of aryl methyl sites for hydroxylation is 2. The van der Waals surface area contributed by atoms with Gasteiger partial charge >= 0.3 is 0 Å². The van der Waals surface area contributed by atoms with Crippen molar-refractivity contribution in [2.45, 2.75) is 27.2 Å². The maximum absolute atomic E-state index is 12.3. The normalized spacial score (nSPS) is 10.0. The van der Waals surface area contributed by atoms with Crippen molar-refractivity contribution in [3.8, 4) is 11.3 Å². The molecule has 0 fully saturated rings. The summed E-state index contributed by atoms with van der Waals surface area (Å²) < 4.78 is 2.03. The maximum atomic E-state index is 12.3. The molecule has 5 nitrogen and oxygen atoms in total. The predicted molar refractivity (Wildman–Crippen MR) is 113 cm³/mol. The molecule has 0 aliphatic rings. The van der Waals surface area contributed by atoms with E-state index in [1.807, 2.05) is 29.7 Å². The highest BCUT2D eigenvalue weighted by atomic mass is 35.5. The Morgan fingerprint density at radius 1 is 1.07 bits per heavy atom. The summed E-state index contributed by atoms with van der Waals surface area (Å²) in [6.07, 6.45) is 2.37. The molecule has 3 rings (SSSR count). The summed E-state index contributed by atoms with van der Waals surface area (Å²) in [6.45, 7) is 6.04. The van der Waals surface area contributed by atoms with E-state index in [4.69, 9.17) is 10.1 Å². The zero-order valence-corrected chi connectivity index (χ0v) is 17.4.